The first kappa shape index (κ1) is 18.0. The molecule has 138 valence electrons. The lowest BCUT2D eigenvalue weighted by atomic mass is 10.1. The summed E-state index contributed by atoms with van der Waals surface area (Å²) in [4.78, 5) is 14.2. The van der Waals surface area contributed by atoms with E-state index in [2.05, 4.69) is 15.5 Å². The van der Waals surface area contributed by atoms with Gasteiger partial charge in [-0.15, -0.1) is 22.0 Å². The molecule has 0 aliphatic rings. The molecule has 3 aromatic carbocycles. The highest BCUT2D eigenvalue weighted by Gasteiger charge is 2.22. The minimum absolute atomic E-state index is 0.0947. The number of anilines is 1. The maximum atomic E-state index is 13.1. The normalized spacial score (nSPS) is 11.7. The van der Waals surface area contributed by atoms with Gasteiger partial charge in [-0.1, -0.05) is 54.6 Å². The molecule has 0 radical (unpaired) electrons. The van der Waals surface area contributed by atoms with Crippen LogP contribution >= 0.6 is 11.8 Å². The van der Waals surface area contributed by atoms with Crippen LogP contribution in [-0.2, 0) is 4.79 Å². The van der Waals surface area contributed by atoms with Gasteiger partial charge in [0.1, 0.15) is 5.25 Å². The van der Waals surface area contributed by atoms with Crippen molar-refractivity contribution in [2.45, 2.75) is 10.1 Å². The molecule has 0 aliphatic heterocycles. The van der Waals surface area contributed by atoms with Crippen molar-refractivity contribution in [1.29, 1.82) is 0 Å². The molecule has 0 fully saturated rings. The van der Waals surface area contributed by atoms with Gasteiger partial charge >= 0.3 is 0 Å². The van der Waals surface area contributed by atoms with Crippen LogP contribution < -0.4 is 5.32 Å². The number of hydrogen-bond donors (Lipinski definition) is 1. The summed E-state index contributed by atoms with van der Waals surface area (Å²) in [6.45, 7) is 0. The number of carbonyl (C=O) groups is 1. The first-order valence-electron chi connectivity index (χ1n) is 8.74. The number of nitrogens with one attached hydrogen (secondary N) is 1. The van der Waals surface area contributed by atoms with E-state index in [1.807, 2.05) is 84.9 Å². The highest BCUT2D eigenvalue weighted by atomic mass is 32.2. The Labute approximate surface area is 166 Å². The first-order valence-corrected chi connectivity index (χ1v) is 9.62. The predicted octanol–water partition coefficient (Wildman–Crippen LogP) is 5.21. The highest BCUT2D eigenvalue weighted by Crippen LogP contribution is 2.36. The topological polar surface area (TPSA) is 68.0 Å². The van der Waals surface area contributed by atoms with E-state index < -0.39 is 0 Å². The van der Waals surface area contributed by atoms with Crippen molar-refractivity contribution in [3.05, 3.63) is 96.9 Å². The zero-order valence-electron chi connectivity index (χ0n) is 14.9. The third-order valence-corrected chi connectivity index (χ3v) is 5.34. The van der Waals surface area contributed by atoms with Crippen LogP contribution in [-0.4, -0.2) is 16.1 Å². The summed E-state index contributed by atoms with van der Waals surface area (Å²) in [5.41, 5.74) is 2.37. The van der Waals surface area contributed by atoms with Gasteiger partial charge in [0, 0.05) is 16.1 Å². The average molecular weight is 387 g/mol. The van der Waals surface area contributed by atoms with E-state index in [0.717, 1.165) is 16.0 Å². The molecule has 1 unspecified atom stereocenters. The SMILES string of the molecule is O=C(Nc1cccc(-c2nnco2)c1)C(Sc1ccccc1)c1ccccc1. The Hall–Kier alpha value is -3.38. The van der Waals surface area contributed by atoms with Crippen molar-refractivity contribution < 1.29 is 9.21 Å². The molecule has 4 aromatic rings. The maximum Gasteiger partial charge on any atom is 0.247 e. The van der Waals surface area contributed by atoms with Crippen LogP contribution in [0, 0.1) is 0 Å². The number of amides is 1. The molecule has 1 heterocycles. The van der Waals surface area contributed by atoms with E-state index in [4.69, 9.17) is 4.42 Å². The number of benzene rings is 3. The fourth-order valence-electron chi connectivity index (χ4n) is 2.77. The molecule has 1 aromatic heterocycles. The molecular formula is C22H17N3O2S. The van der Waals surface area contributed by atoms with E-state index in [9.17, 15) is 4.79 Å². The zero-order chi connectivity index (χ0) is 19.2. The van der Waals surface area contributed by atoms with Gasteiger partial charge in [-0.3, -0.25) is 4.79 Å². The van der Waals surface area contributed by atoms with Crippen molar-refractivity contribution in [3.8, 4) is 11.5 Å². The Morgan fingerprint density at radius 3 is 2.39 bits per heavy atom. The van der Waals surface area contributed by atoms with Crippen LogP contribution in [0.4, 0.5) is 5.69 Å². The van der Waals surface area contributed by atoms with Crippen LogP contribution in [0.3, 0.4) is 0 Å². The van der Waals surface area contributed by atoms with Crippen LogP contribution in [0.5, 0.6) is 0 Å². The van der Waals surface area contributed by atoms with Crippen LogP contribution in [0.25, 0.3) is 11.5 Å². The molecule has 0 bridgehead atoms. The lowest BCUT2D eigenvalue weighted by Gasteiger charge is -2.17. The number of thioether (sulfide) groups is 1. The third kappa shape index (κ3) is 4.29. The lowest BCUT2D eigenvalue weighted by Crippen LogP contribution is -2.19. The number of aromatic nitrogens is 2. The second-order valence-electron chi connectivity index (χ2n) is 6.04. The maximum absolute atomic E-state index is 13.1. The molecule has 28 heavy (non-hydrogen) atoms. The summed E-state index contributed by atoms with van der Waals surface area (Å²) in [5, 5.41) is 10.2. The van der Waals surface area contributed by atoms with Crippen molar-refractivity contribution >= 4 is 23.4 Å². The summed E-state index contributed by atoms with van der Waals surface area (Å²) < 4.78 is 5.24. The Balaban J connectivity index is 1.58. The van der Waals surface area contributed by atoms with Gasteiger partial charge < -0.3 is 9.73 Å². The van der Waals surface area contributed by atoms with Crippen molar-refractivity contribution in [3.63, 3.8) is 0 Å². The Morgan fingerprint density at radius 1 is 0.929 bits per heavy atom. The van der Waals surface area contributed by atoms with Crippen LogP contribution in [0.2, 0.25) is 0 Å². The molecule has 0 saturated carbocycles. The molecule has 1 N–H and O–H groups in total. The van der Waals surface area contributed by atoms with E-state index in [-0.39, 0.29) is 11.2 Å². The van der Waals surface area contributed by atoms with Crippen molar-refractivity contribution in [1.82, 2.24) is 10.2 Å². The van der Waals surface area contributed by atoms with Gasteiger partial charge in [0.05, 0.1) is 0 Å². The van der Waals surface area contributed by atoms with Gasteiger partial charge in [0.15, 0.2) is 0 Å². The fourth-order valence-corrected chi connectivity index (χ4v) is 3.82. The average Bonchev–Trinajstić information content (AvgIpc) is 3.28. The molecule has 0 spiro atoms. The quantitative estimate of drug-likeness (QED) is 0.460. The van der Waals surface area contributed by atoms with E-state index in [0.29, 0.717) is 11.6 Å². The van der Waals surface area contributed by atoms with E-state index >= 15 is 0 Å². The summed E-state index contributed by atoms with van der Waals surface area (Å²) >= 11 is 1.52. The molecule has 5 nitrogen and oxygen atoms in total. The molecule has 4 rings (SSSR count). The largest absolute Gasteiger partial charge is 0.423 e. The van der Waals surface area contributed by atoms with E-state index in [1.165, 1.54) is 18.2 Å². The standard InChI is InChI=1S/C22H17N3O2S/c26-21(24-18-11-7-10-17(14-18)22-25-23-15-27-22)20(16-8-3-1-4-9-16)28-19-12-5-2-6-13-19/h1-15,20H,(H,24,26). The molecule has 1 atom stereocenters. The summed E-state index contributed by atoms with van der Waals surface area (Å²) in [6.07, 6.45) is 1.28. The summed E-state index contributed by atoms with van der Waals surface area (Å²) in [6, 6.07) is 27.0. The first-order chi connectivity index (χ1) is 13.8. The molecule has 1 amide bonds. The summed E-state index contributed by atoms with van der Waals surface area (Å²) in [5.74, 6) is 0.317. The van der Waals surface area contributed by atoms with Crippen LogP contribution in [0.1, 0.15) is 10.8 Å². The Bertz CT molecular complexity index is 1040. The Morgan fingerprint density at radius 2 is 1.68 bits per heavy atom. The van der Waals surface area contributed by atoms with Gasteiger partial charge in [-0.25, -0.2) is 0 Å². The smallest absolute Gasteiger partial charge is 0.247 e. The molecule has 0 saturated heterocycles. The number of rotatable bonds is 6. The minimum atomic E-state index is -0.379. The van der Waals surface area contributed by atoms with Crippen molar-refractivity contribution in [2.24, 2.45) is 0 Å². The number of nitrogens with zero attached hydrogens (tertiary/aromatic N) is 2. The number of hydrogen-bond acceptors (Lipinski definition) is 5. The van der Waals surface area contributed by atoms with Gasteiger partial charge in [-0.2, -0.15) is 0 Å². The highest BCUT2D eigenvalue weighted by molar-refractivity contribution is 8.00. The fraction of sp³-hybridized carbons (Fsp3) is 0.0455. The second-order valence-corrected chi connectivity index (χ2v) is 7.21. The van der Waals surface area contributed by atoms with Gasteiger partial charge in [0.2, 0.25) is 18.2 Å². The second kappa shape index (κ2) is 8.54. The van der Waals surface area contributed by atoms with Crippen LogP contribution in [0.15, 0.2) is 101 Å². The zero-order valence-corrected chi connectivity index (χ0v) is 15.7. The van der Waals surface area contributed by atoms with Crippen molar-refractivity contribution in [2.75, 3.05) is 5.32 Å². The molecular weight excluding hydrogens is 370 g/mol. The number of carbonyl (C=O) groups excluding carboxylic acids is 1. The predicted molar refractivity (Wildman–Crippen MR) is 110 cm³/mol. The van der Waals surface area contributed by atoms with Gasteiger partial charge in [0.25, 0.3) is 0 Å². The third-order valence-electron chi connectivity index (χ3n) is 4.07. The monoisotopic (exact) mass is 387 g/mol. The lowest BCUT2D eigenvalue weighted by molar-refractivity contribution is -0.115. The Kier molecular flexibility index (Phi) is 5.49. The summed E-state index contributed by atoms with van der Waals surface area (Å²) in [7, 11) is 0. The van der Waals surface area contributed by atoms with E-state index in [1.54, 1.807) is 0 Å². The minimum Gasteiger partial charge on any atom is -0.423 e. The molecule has 0 aliphatic carbocycles. The van der Waals surface area contributed by atoms with Gasteiger partial charge in [-0.05, 0) is 35.9 Å². The molecule has 6 heteroatoms.